The molecule has 0 bridgehead atoms. The molecule has 0 aromatic heterocycles. The highest BCUT2D eigenvalue weighted by Crippen LogP contribution is 2.39. The molecular formula is C10H16O2. The van der Waals surface area contributed by atoms with E-state index in [1.807, 2.05) is 0 Å². The Balaban J connectivity index is 2.08. The molecular weight excluding hydrogens is 152 g/mol. The van der Waals surface area contributed by atoms with Crippen molar-refractivity contribution in [2.45, 2.75) is 13.3 Å². The third kappa shape index (κ3) is 1.19. The zero-order valence-electron chi connectivity index (χ0n) is 7.49. The lowest BCUT2D eigenvalue weighted by atomic mass is 9.81. The molecule has 3 atom stereocenters. The smallest absolute Gasteiger partial charge is 0.0534 e. The first-order chi connectivity index (χ1) is 5.83. The first kappa shape index (κ1) is 8.27. The van der Waals surface area contributed by atoms with Gasteiger partial charge in [-0.25, -0.2) is 0 Å². The maximum absolute atomic E-state index is 9.12. The van der Waals surface area contributed by atoms with Crippen molar-refractivity contribution in [1.82, 2.24) is 0 Å². The fourth-order valence-corrected chi connectivity index (χ4v) is 2.41. The summed E-state index contributed by atoms with van der Waals surface area (Å²) in [6.45, 7) is 4.07. The molecule has 1 N–H and O–H groups in total. The Morgan fingerprint density at radius 3 is 3.17 bits per heavy atom. The van der Waals surface area contributed by atoms with Gasteiger partial charge in [0.15, 0.2) is 0 Å². The summed E-state index contributed by atoms with van der Waals surface area (Å²) in [5.41, 5.74) is 1.46. The Bertz CT molecular complexity index is 198. The van der Waals surface area contributed by atoms with Crippen LogP contribution in [0.2, 0.25) is 0 Å². The van der Waals surface area contributed by atoms with E-state index >= 15 is 0 Å². The molecule has 1 fully saturated rings. The van der Waals surface area contributed by atoms with Crippen molar-refractivity contribution in [2.24, 2.45) is 17.8 Å². The van der Waals surface area contributed by atoms with E-state index < -0.39 is 0 Å². The van der Waals surface area contributed by atoms with Crippen molar-refractivity contribution >= 4 is 0 Å². The van der Waals surface area contributed by atoms with Crippen LogP contribution in [0.15, 0.2) is 11.6 Å². The predicted octanol–water partition coefficient (Wildman–Crippen LogP) is 1.21. The minimum Gasteiger partial charge on any atom is -0.396 e. The van der Waals surface area contributed by atoms with Crippen molar-refractivity contribution in [1.29, 1.82) is 0 Å². The largest absolute Gasteiger partial charge is 0.396 e. The van der Waals surface area contributed by atoms with E-state index in [0.29, 0.717) is 17.8 Å². The molecule has 0 radical (unpaired) electrons. The van der Waals surface area contributed by atoms with E-state index in [1.165, 1.54) is 5.57 Å². The van der Waals surface area contributed by atoms with Gasteiger partial charge >= 0.3 is 0 Å². The van der Waals surface area contributed by atoms with Crippen LogP contribution in [0.5, 0.6) is 0 Å². The highest BCUT2D eigenvalue weighted by atomic mass is 16.5. The average molecular weight is 168 g/mol. The van der Waals surface area contributed by atoms with Crippen LogP contribution in [0.1, 0.15) is 13.3 Å². The molecule has 1 saturated heterocycles. The quantitative estimate of drug-likeness (QED) is 0.596. The Morgan fingerprint density at radius 1 is 1.58 bits per heavy atom. The molecule has 0 aromatic carbocycles. The topological polar surface area (TPSA) is 29.5 Å². The zero-order valence-corrected chi connectivity index (χ0v) is 7.49. The second-order valence-corrected chi connectivity index (χ2v) is 3.93. The van der Waals surface area contributed by atoms with Gasteiger partial charge in [-0.15, -0.1) is 0 Å². The number of hydrogen-bond donors (Lipinski definition) is 1. The van der Waals surface area contributed by atoms with Crippen LogP contribution in [0.25, 0.3) is 0 Å². The number of rotatable bonds is 1. The van der Waals surface area contributed by atoms with Gasteiger partial charge in [0.1, 0.15) is 0 Å². The number of aliphatic hydroxyl groups excluding tert-OH is 1. The molecule has 0 saturated carbocycles. The summed E-state index contributed by atoms with van der Waals surface area (Å²) < 4.78 is 5.46. The lowest BCUT2D eigenvalue weighted by Gasteiger charge is -2.33. The van der Waals surface area contributed by atoms with Gasteiger partial charge in [-0.2, -0.15) is 0 Å². The predicted molar refractivity (Wildman–Crippen MR) is 46.7 cm³/mol. The summed E-state index contributed by atoms with van der Waals surface area (Å²) >= 11 is 0. The summed E-state index contributed by atoms with van der Waals surface area (Å²) in [5, 5.41) is 9.12. The van der Waals surface area contributed by atoms with Gasteiger partial charge in [0.2, 0.25) is 0 Å². The lowest BCUT2D eigenvalue weighted by molar-refractivity contribution is -0.0296. The van der Waals surface area contributed by atoms with E-state index in [2.05, 4.69) is 13.0 Å². The van der Waals surface area contributed by atoms with Crippen molar-refractivity contribution < 1.29 is 9.84 Å². The molecule has 1 aliphatic carbocycles. The van der Waals surface area contributed by atoms with Crippen LogP contribution >= 0.6 is 0 Å². The molecule has 2 rings (SSSR count). The van der Waals surface area contributed by atoms with Gasteiger partial charge in [0.25, 0.3) is 0 Å². The first-order valence-electron chi connectivity index (χ1n) is 4.68. The normalized spacial score (nSPS) is 40.8. The minimum atomic E-state index is 0.280. The summed E-state index contributed by atoms with van der Waals surface area (Å²) in [4.78, 5) is 0. The van der Waals surface area contributed by atoms with Crippen molar-refractivity contribution in [2.75, 3.05) is 19.8 Å². The van der Waals surface area contributed by atoms with Crippen LogP contribution in [-0.4, -0.2) is 24.9 Å². The molecule has 12 heavy (non-hydrogen) atoms. The molecule has 2 nitrogen and oxygen atoms in total. The van der Waals surface area contributed by atoms with Crippen LogP contribution in [0.3, 0.4) is 0 Å². The highest BCUT2D eigenvalue weighted by molar-refractivity contribution is 5.14. The van der Waals surface area contributed by atoms with Gasteiger partial charge < -0.3 is 9.84 Å². The molecule has 0 amide bonds. The van der Waals surface area contributed by atoms with Gasteiger partial charge in [-0.1, -0.05) is 11.6 Å². The molecule has 1 heterocycles. The summed E-state index contributed by atoms with van der Waals surface area (Å²) in [6.07, 6.45) is 3.44. The average Bonchev–Trinajstić information content (AvgIpc) is 2.48. The highest BCUT2D eigenvalue weighted by Gasteiger charge is 2.36. The Labute approximate surface area is 73.2 Å². The molecule has 3 unspecified atom stereocenters. The third-order valence-corrected chi connectivity index (χ3v) is 3.28. The lowest BCUT2D eigenvalue weighted by Crippen LogP contribution is -2.35. The SMILES string of the molecule is CC1=CCC2C(CO)COCC12. The van der Waals surface area contributed by atoms with Gasteiger partial charge in [-0.3, -0.25) is 0 Å². The molecule has 0 spiro atoms. The second-order valence-electron chi connectivity index (χ2n) is 3.93. The summed E-state index contributed by atoms with van der Waals surface area (Å²) in [5.74, 6) is 1.62. The molecule has 2 heteroatoms. The zero-order chi connectivity index (χ0) is 8.55. The fraction of sp³-hybridized carbons (Fsp3) is 0.800. The third-order valence-electron chi connectivity index (χ3n) is 3.28. The Kier molecular flexibility index (Phi) is 2.20. The van der Waals surface area contributed by atoms with Crippen molar-refractivity contribution in [3.8, 4) is 0 Å². The number of hydrogen-bond acceptors (Lipinski definition) is 2. The Hall–Kier alpha value is -0.340. The van der Waals surface area contributed by atoms with Crippen LogP contribution < -0.4 is 0 Å². The van der Waals surface area contributed by atoms with E-state index in [0.717, 1.165) is 19.6 Å². The van der Waals surface area contributed by atoms with Crippen LogP contribution in [-0.2, 0) is 4.74 Å². The van der Waals surface area contributed by atoms with E-state index in [9.17, 15) is 0 Å². The standard InChI is InChI=1S/C10H16O2/c1-7-2-3-9-8(4-11)5-12-6-10(7)9/h2,8-11H,3-6H2,1H3. The number of ether oxygens (including phenoxy) is 1. The first-order valence-corrected chi connectivity index (χ1v) is 4.68. The van der Waals surface area contributed by atoms with Crippen LogP contribution in [0.4, 0.5) is 0 Å². The maximum Gasteiger partial charge on any atom is 0.0534 e. The minimum absolute atomic E-state index is 0.280. The molecule has 1 aliphatic heterocycles. The number of aliphatic hydroxyl groups is 1. The molecule has 68 valence electrons. The van der Waals surface area contributed by atoms with E-state index in [-0.39, 0.29) is 6.61 Å². The fourth-order valence-electron chi connectivity index (χ4n) is 2.41. The number of allylic oxidation sites excluding steroid dienone is 1. The van der Waals surface area contributed by atoms with Gasteiger partial charge in [-0.05, 0) is 19.3 Å². The Morgan fingerprint density at radius 2 is 2.42 bits per heavy atom. The van der Waals surface area contributed by atoms with E-state index in [1.54, 1.807) is 0 Å². The van der Waals surface area contributed by atoms with Crippen molar-refractivity contribution in [3.63, 3.8) is 0 Å². The maximum atomic E-state index is 9.12. The second kappa shape index (κ2) is 3.19. The summed E-state index contributed by atoms with van der Waals surface area (Å²) in [7, 11) is 0. The van der Waals surface area contributed by atoms with Gasteiger partial charge in [0.05, 0.1) is 13.2 Å². The monoisotopic (exact) mass is 168 g/mol. The van der Waals surface area contributed by atoms with E-state index in [4.69, 9.17) is 9.84 Å². The molecule has 2 aliphatic rings. The molecule has 0 aromatic rings. The van der Waals surface area contributed by atoms with Gasteiger partial charge in [0, 0.05) is 18.4 Å². The number of fused-ring (bicyclic) bond motifs is 1. The van der Waals surface area contributed by atoms with Crippen molar-refractivity contribution in [3.05, 3.63) is 11.6 Å². The van der Waals surface area contributed by atoms with Crippen LogP contribution in [0, 0.1) is 17.8 Å². The summed E-state index contributed by atoms with van der Waals surface area (Å²) in [6, 6.07) is 0.